The molecule has 5 amide bonds. The number of likely N-dealkylation sites (tertiary alicyclic amines) is 1. The lowest BCUT2D eigenvalue weighted by molar-refractivity contribution is -0.136. The number of carbonyl (C=O) groups excluding carboxylic acids is 5. The van der Waals surface area contributed by atoms with E-state index in [-0.39, 0.29) is 47.6 Å². The van der Waals surface area contributed by atoms with Crippen LogP contribution in [0.25, 0.3) is 10.9 Å². The average molecular weight is 834 g/mol. The fraction of sp³-hybridized carbons (Fsp3) is 0.442. The Morgan fingerprint density at radius 1 is 0.967 bits per heavy atom. The van der Waals surface area contributed by atoms with Crippen LogP contribution in [0.4, 0.5) is 5.82 Å². The highest BCUT2D eigenvalue weighted by Crippen LogP contribution is 2.42. The Morgan fingerprint density at radius 2 is 1.73 bits per heavy atom. The second-order valence-electron chi connectivity index (χ2n) is 16.6. The number of aromatic nitrogens is 3. The number of ether oxygens (including phenoxy) is 2. The Kier molecular flexibility index (Phi) is 10.4. The molecule has 1 spiro atoms. The van der Waals surface area contributed by atoms with Gasteiger partial charge in [-0.15, -0.1) is 10.2 Å². The summed E-state index contributed by atoms with van der Waals surface area (Å²) in [6, 6.07) is 15.2. The van der Waals surface area contributed by atoms with Crippen LogP contribution in [0.2, 0.25) is 5.02 Å². The van der Waals surface area contributed by atoms with Crippen LogP contribution in [-0.4, -0.2) is 112 Å². The van der Waals surface area contributed by atoms with Crippen LogP contribution in [0.1, 0.15) is 88.3 Å². The van der Waals surface area contributed by atoms with Crippen molar-refractivity contribution in [1.29, 1.82) is 5.26 Å². The lowest BCUT2D eigenvalue weighted by Crippen LogP contribution is -2.61. The fourth-order valence-electron chi connectivity index (χ4n) is 9.35. The average Bonchev–Trinajstić information content (AvgIpc) is 3.67. The number of amides is 5. The first-order chi connectivity index (χ1) is 29.0. The van der Waals surface area contributed by atoms with Crippen LogP contribution in [-0.2, 0) is 16.6 Å². The first kappa shape index (κ1) is 39.4. The van der Waals surface area contributed by atoms with Gasteiger partial charge in [-0.3, -0.25) is 39.1 Å². The second-order valence-corrected chi connectivity index (χ2v) is 17.0. The molecule has 310 valence electrons. The van der Waals surface area contributed by atoms with E-state index in [9.17, 15) is 24.0 Å². The van der Waals surface area contributed by atoms with Crippen LogP contribution in [0.15, 0.2) is 48.5 Å². The van der Waals surface area contributed by atoms with Crippen LogP contribution < -0.4 is 25.0 Å². The van der Waals surface area contributed by atoms with E-state index in [1.54, 1.807) is 48.0 Å². The van der Waals surface area contributed by atoms with Gasteiger partial charge in [0.15, 0.2) is 11.5 Å². The Hall–Kier alpha value is -6.05. The van der Waals surface area contributed by atoms with Crippen LogP contribution >= 0.6 is 11.6 Å². The summed E-state index contributed by atoms with van der Waals surface area (Å²) < 4.78 is 13.9. The minimum atomic E-state index is -1.01. The minimum Gasteiger partial charge on any atom is -0.492 e. The number of anilines is 1. The summed E-state index contributed by atoms with van der Waals surface area (Å²) in [5.74, 6) is -0.296. The van der Waals surface area contributed by atoms with Crippen molar-refractivity contribution in [3.63, 3.8) is 0 Å². The van der Waals surface area contributed by atoms with E-state index in [1.807, 2.05) is 12.1 Å². The molecular weight excluding hydrogens is 790 g/mol. The maximum absolute atomic E-state index is 13.5. The lowest BCUT2D eigenvalue weighted by atomic mass is 9.72. The highest BCUT2D eigenvalue weighted by molar-refractivity contribution is 6.32. The molecule has 16 nitrogen and oxygen atoms in total. The van der Waals surface area contributed by atoms with Gasteiger partial charge in [-0.2, -0.15) is 5.26 Å². The second kappa shape index (κ2) is 15.9. The van der Waals surface area contributed by atoms with Gasteiger partial charge in [-0.25, -0.2) is 0 Å². The summed E-state index contributed by atoms with van der Waals surface area (Å²) in [4.78, 5) is 69.6. The first-order valence-electron chi connectivity index (χ1n) is 20.4. The van der Waals surface area contributed by atoms with Crippen LogP contribution in [0.5, 0.6) is 11.5 Å². The molecule has 0 bridgehead atoms. The number of hydrogen-bond acceptors (Lipinski definition) is 12. The molecular formula is C43H44ClN9O7. The highest BCUT2D eigenvalue weighted by atomic mass is 35.5. The Labute approximate surface area is 350 Å². The molecule has 1 saturated carbocycles. The van der Waals surface area contributed by atoms with Gasteiger partial charge in [0.05, 0.1) is 27.8 Å². The summed E-state index contributed by atoms with van der Waals surface area (Å²) in [5.41, 5.74) is 2.12. The van der Waals surface area contributed by atoms with Gasteiger partial charge in [-0.1, -0.05) is 11.6 Å². The van der Waals surface area contributed by atoms with Gasteiger partial charge in [0, 0.05) is 62.1 Å². The van der Waals surface area contributed by atoms with Crippen molar-refractivity contribution in [2.24, 2.45) is 12.5 Å². The third-order valence-corrected chi connectivity index (χ3v) is 13.1. The molecule has 4 aromatic rings. The normalized spacial score (nSPS) is 22.6. The SMILES string of the molecule is Cn1c2c(c3ccc(OCCN4CCC5(CC4)CN(c4ccc(C(=O)NC6CCC(Oc7ccc(C#N)c(Cl)c7)CC6)nn4)C5)cc31)C(=O)N(C1CCC(=O)NC1=O)C2=O. The van der Waals surface area contributed by atoms with E-state index < -0.39 is 29.7 Å². The summed E-state index contributed by atoms with van der Waals surface area (Å²) in [6.07, 6.45) is 5.45. The quantitative estimate of drug-likeness (QED) is 0.219. The van der Waals surface area contributed by atoms with Crippen LogP contribution in [0, 0.1) is 16.7 Å². The number of fused-ring (bicyclic) bond motifs is 3. The van der Waals surface area contributed by atoms with E-state index >= 15 is 0 Å². The maximum atomic E-state index is 13.5. The third-order valence-electron chi connectivity index (χ3n) is 12.8. The number of rotatable bonds is 10. The molecule has 2 aromatic heterocycles. The molecule has 1 atom stereocenters. The summed E-state index contributed by atoms with van der Waals surface area (Å²) in [6.45, 7) is 4.95. The first-order valence-corrected chi connectivity index (χ1v) is 20.8. The van der Waals surface area contributed by atoms with Crippen molar-refractivity contribution < 1.29 is 33.4 Å². The van der Waals surface area contributed by atoms with Crippen molar-refractivity contribution in [3.8, 4) is 17.6 Å². The number of nitrogens with zero attached hydrogens (tertiary/aromatic N) is 7. The van der Waals surface area contributed by atoms with Gasteiger partial charge in [0.1, 0.15) is 35.9 Å². The smallest absolute Gasteiger partial charge is 0.278 e. The fourth-order valence-corrected chi connectivity index (χ4v) is 9.56. The molecule has 6 heterocycles. The zero-order valence-corrected chi connectivity index (χ0v) is 33.9. The van der Waals surface area contributed by atoms with Gasteiger partial charge < -0.3 is 24.3 Å². The summed E-state index contributed by atoms with van der Waals surface area (Å²) in [5, 5.41) is 24.1. The zero-order valence-electron chi connectivity index (χ0n) is 33.1. The molecule has 0 radical (unpaired) electrons. The van der Waals surface area contributed by atoms with E-state index in [0.29, 0.717) is 45.3 Å². The number of imide groups is 2. The molecule has 2 N–H and O–H groups in total. The molecule has 3 saturated heterocycles. The molecule has 17 heteroatoms. The van der Waals surface area contributed by atoms with E-state index in [1.165, 1.54) is 0 Å². The van der Waals surface area contributed by atoms with Gasteiger partial charge in [0.25, 0.3) is 17.7 Å². The standard InChI is InChI=1S/C43H44ClN9O7/c1-50-34-21-28(8-9-30(34)37-38(50)42(58)53(41(37)57)33-11-13-36(54)47-40(33)56)59-19-18-51-16-14-43(15-17-51)23-52(24-43)35-12-10-32(48-49-35)39(55)46-26-3-6-27(7-4-26)60-29-5-2-25(22-45)31(44)20-29/h2,5,8-10,12,20-21,26-27,33H,3-4,6-7,11,13-19,23-24H2,1H3,(H,46,55)(H,47,54,56). The maximum Gasteiger partial charge on any atom is 0.278 e. The van der Waals surface area contributed by atoms with Crippen molar-refractivity contribution >= 4 is 57.9 Å². The minimum absolute atomic E-state index is 0.0164. The predicted molar refractivity (Wildman–Crippen MR) is 218 cm³/mol. The summed E-state index contributed by atoms with van der Waals surface area (Å²) in [7, 11) is 1.72. The number of aryl methyl sites for hydroxylation is 1. The van der Waals surface area contributed by atoms with E-state index in [2.05, 4.69) is 36.7 Å². The van der Waals surface area contributed by atoms with E-state index in [0.717, 1.165) is 82.0 Å². The molecule has 5 aliphatic rings. The molecule has 2 aromatic carbocycles. The monoisotopic (exact) mass is 833 g/mol. The topological polar surface area (TPSA) is 192 Å². The largest absolute Gasteiger partial charge is 0.492 e. The number of nitriles is 1. The Morgan fingerprint density at radius 3 is 2.43 bits per heavy atom. The lowest BCUT2D eigenvalue weighted by Gasteiger charge is -2.54. The molecule has 1 unspecified atom stereocenters. The predicted octanol–water partition coefficient (Wildman–Crippen LogP) is 4.00. The van der Waals surface area contributed by atoms with Crippen molar-refractivity contribution in [2.75, 3.05) is 44.2 Å². The van der Waals surface area contributed by atoms with Gasteiger partial charge in [-0.05, 0) is 94.4 Å². The van der Waals surface area contributed by atoms with Gasteiger partial charge in [0.2, 0.25) is 11.8 Å². The van der Waals surface area contributed by atoms with Crippen molar-refractivity contribution in [2.45, 2.75) is 69.6 Å². The third kappa shape index (κ3) is 7.41. The molecule has 1 aliphatic carbocycles. The van der Waals surface area contributed by atoms with Gasteiger partial charge >= 0.3 is 0 Å². The molecule has 9 rings (SSSR count). The van der Waals surface area contributed by atoms with E-state index in [4.69, 9.17) is 26.3 Å². The number of piperidine rings is 2. The number of halogens is 1. The number of nitrogens with one attached hydrogen (secondary N) is 2. The Balaban J connectivity index is 0.701. The molecule has 60 heavy (non-hydrogen) atoms. The Bertz CT molecular complexity index is 2440. The number of hydrogen-bond donors (Lipinski definition) is 2. The van der Waals surface area contributed by atoms with Crippen molar-refractivity contribution in [3.05, 3.63) is 76.1 Å². The van der Waals surface area contributed by atoms with Crippen LogP contribution in [0.3, 0.4) is 0 Å². The highest BCUT2D eigenvalue weighted by Gasteiger charge is 2.48. The zero-order chi connectivity index (χ0) is 41.7. The number of benzene rings is 2. The summed E-state index contributed by atoms with van der Waals surface area (Å²) >= 11 is 6.15. The molecule has 4 aliphatic heterocycles. The van der Waals surface area contributed by atoms with Crippen molar-refractivity contribution in [1.82, 2.24) is 35.2 Å². The number of carbonyl (C=O) groups is 5. The molecule has 4 fully saturated rings.